The average molecular weight is 1940 g/mol. The third kappa shape index (κ3) is 15.3. The first kappa shape index (κ1) is 88.5. The van der Waals surface area contributed by atoms with Crippen LogP contribution in [0.5, 0.6) is 23.0 Å². The first-order chi connectivity index (χ1) is 71.8. The van der Waals surface area contributed by atoms with E-state index in [1.807, 2.05) is 85.2 Å². The van der Waals surface area contributed by atoms with E-state index in [1.165, 1.54) is 33.4 Å². The third-order valence-electron chi connectivity index (χ3n) is 28.0. The molecule has 694 valence electrons. The number of pyridine rings is 4. The molecule has 0 fully saturated rings. The molecule has 10 heterocycles. The van der Waals surface area contributed by atoms with Gasteiger partial charge in [0.25, 0.3) is 0 Å². The van der Waals surface area contributed by atoms with Crippen molar-refractivity contribution < 1.29 is 9.47 Å². The number of hydrogen-bond donors (Lipinski definition) is 0. The van der Waals surface area contributed by atoms with Gasteiger partial charge in [-0.05, 0) is 213 Å². The van der Waals surface area contributed by atoms with Crippen molar-refractivity contribution in [1.29, 1.82) is 0 Å². The SMILES string of the molecule is Cc1cccc(-c2nc(-c3cccc(C)c3)nc(-c3cccc(-c4ccc5c(n4)-c4ncccc4C54c5ccccc5Oc5c4ccc4c5Sc5ccccc5N4c4cccc(-c5ccccc5)c4)c3)n2)c1.Cc1cccc(-c2nc(-c3cccc(C)c3)nc(-c3cccc(C)c3)n2)c1.Clc1ccc2c(n1)-c1ncccc1C21c2ccccc2Oc2c1ccc1c2Sc2ccccc2N1c1cccc(-c2ccccc2)c1. The molecule has 2 aliphatic carbocycles. The van der Waals surface area contributed by atoms with Gasteiger partial charge in [0.05, 0.1) is 71.8 Å². The second-order valence-corrected chi connectivity index (χ2v) is 39.9. The maximum atomic E-state index is 7.21. The number of anilines is 6. The Labute approximate surface area is 859 Å². The fourth-order valence-electron chi connectivity index (χ4n) is 21.6. The fraction of sp³-hybridized carbons (Fsp3) is 0.0543. The summed E-state index contributed by atoms with van der Waals surface area (Å²) in [5, 5.41) is 0.448. The van der Waals surface area contributed by atoms with E-state index in [-0.39, 0.29) is 0 Å². The van der Waals surface area contributed by atoms with E-state index in [9.17, 15) is 0 Å². The highest BCUT2D eigenvalue weighted by molar-refractivity contribution is 8.00. The lowest BCUT2D eigenvalue weighted by atomic mass is 9.66. The molecule has 0 bridgehead atoms. The molecule has 2 unspecified atom stereocenters. The van der Waals surface area contributed by atoms with Crippen molar-refractivity contribution in [3.63, 3.8) is 0 Å². The number of benzene rings is 16. The van der Waals surface area contributed by atoms with Crippen LogP contribution in [0.1, 0.15) is 72.3 Å². The zero-order chi connectivity index (χ0) is 97.8. The Morgan fingerprint density at radius 3 is 0.973 bits per heavy atom. The van der Waals surface area contributed by atoms with Crippen LogP contribution in [-0.4, -0.2) is 49.8 Å². The highest BCUT2D eigenvalue weighted by Crippen LogP contribution is 2.69. The van der Waals surface area contributed by atoms with E-state index in [0.717, 1.165) is 205 Å². The van der Waals surface area contributed by atoms with Gasteiger partial charge in [-0.15, -0.1) is 0 Å². The molecule has 0 radical (unpaired) electrons. The highest BCUT2D eigenvalue weighted by Gasteiger charge is 2.56. The zero-order valence-electron chi connectivity index (χ0n) is 79.9. The molecule has 16 aromatic carbocycles. The standard InChI is InChI=1S/C64H42N6OS.C41H24ClN3OS.C24H21N3/c1-39-15-10-21-44(35-39)61-67-62(45-22-11-16-40(2)36-45)69-63(68-61)46-23-12-20-43(37-46)52-32-30-50-58(66-52)57-49(26-14-34-65-57)64(50)48-25-6-8-28-55(48)71-59-51(64)31-33-54-60(59)72-56-29-9-7-27-53(56)70(54)47-24-13-19-42(38-47)41-17-4-3-5-18-41;42-36-22-20-30-38(44-36)37-29(15-9-23-43-37)41(30)28-14-4-6-17-34(28)46-39-31(41)19-21-33-40(39)47-35-18-7-5-16-32(35)45(33)27-13-8-12-26(24-27)25-10-2-1-3-11-25;1-16-7-4-10-19(13-16)22-25-23(20-11-5-8-17(2)14-20)27-24(26-22)21-12-6-9-18(3)15-21/h3-38H,1-2H3;1-24H;4-15H,1-3H3. The number of aryl methyl sites for hydroxylation is 5. The van der Waals surface area contributed by atoms with Gasteiger partial charge in [-0.2, -0.15) is 0 Å². The largest absolute Gasteiger partial charge is 0.455 e. The van der Waals surface area contributed by atoms with Crippen LogP contribution in [0.2, 0.25) is 5.15 Å². The molecule has 0 N–H and O–H groups in total. The Bertz CT molecular complexity index is 8840. The minimum atomic E-state index is -0.773. The van der Waals surface area contributed by atoms with Crippen molar-refractivity contribution in [1.82, 2.24) is 49.8 Å². The lowest BCUT2D eigenvalue weighted by molar-refractivity contribution is 0.425. The van der Waals surface area contributed by atoms with E-state index < -0.39 is 10.8 Å². The number of para-hydroxylation sites is 4. The molecule has 4 aliphatic heterocycles. The molecule has 6 aliphatic rings. The van der Waals surface area contributed by atoms with Crippen LogP contribution in [0.25, 0.3) is 125 Å². The van der Waals surface area contributed by atoms with Crippen molar-refractivity contribution in [2.75, 3.05) is 9.80 Å². The summed E-state index contributed by atoms with van der Waals surface area (Å²) >= 11 is 10.0. The van der Waals surface area contributed by atoms with E-state index >= 15 is 0 Å². The summed E-state index contributed by atoms with van der Waals surface area (Å²) in [6.45, 7) is 10.4. The zero-order valence-corrected chi connectivity index (χ0v) is 82.3. The van der Waals surface area contributed by atoms with Gasteiger partial charge in [-0.25, -0.2) is 39.9 Å². The van der Waals surface area contributed by atoms with E-state index in [4.69, 9.17) is 70.9 Å². The summed E-state index contributed by atoms with van der Waals surface area (Å²) in [4.78, 5) is 59.2. The maximum absolute atomic E-state index is 7.21. The van der Waals surface area contributed by atoms with Crippen molar-refractivity contribution in [2.24, 2.45) is 0 Å². The van der Waals surface area contributed by atoms with Gasteiger partial charge in [0.2, 0.25) is 0 Å². The van der Waals surface area contributed by atoms with Crippen LogP contribution in [0.4, 0.5) is 34.1 Å². The summed E-state index contributed by atoms with van der Waals surface area (Å²) in [6, 6.07) is 148. The smallest absolute Gasteiger partial charge is 0.164 e. The summed E-state index contributed by atoms with van der Waals surface area (Å²) in [7, 11) is 0. The van der Waals surface area contributed by atoms with Crippen molar-refractivity contribution in [2.45, 2.75) is 65.0 Å². The fourth-order valence-corrected chi connectivity index (χ4v) is 24.0. The highest BCUT2D eigenvalue weighted by atomic mass is 35.5. The minimum Gasteiger partial charge on any atom is -0.455 e. The molecule has 0 amide bonds. The topological polar surface area (TPSA) is 154 Å². The molecule has 0 saturated heterocycles. The van der Waals surface area contributed by atoms with Crippen molar-refractivity contribution in [3.8, 4) is 148 Å². The van der Waals surface area contributed by atoms with Gasteiger partial charge in [0.1, 0.15) is 28.2 Å². The van der Waals surface area contributed by atoms with Crippen LogP contribution in [0.15, 0.2) is 457 Å². The molecular weight excluding hydrogens is 1850 g/mol. The molecule has 2 atom stereocenters. The minimum absolute atomic E-state index is 0.448. The van der Waals surface area contributed by atoms with Gasteiger partial charge in [0, 0.05) is 94.8 Å². The van der Waals surface area contributed by atoms with E-state index in [0.29, 0.717) is 40.1 Å². The normalized spacial score (nSPS) is 14.5. The first-order valence-electron chi connectivity index (χ1n) is 48.7. The molecule has 0 saturated carbocycles. The van der Waals surface area contributed by atoms with Gasteiger partial charge < -0.3 is 19.3 Å². The van der Waals surface area contributed by atoms with Crippen LogP contribution in [0.3, 0.4) is 0 Å². The Morgan fingerprint density at radius 1 is 0.233 bits per heavy atom. The van der Waals surface area contributed by atoms with Gasteiger partial charge >= 0.3 is 0 Å². The lowest BCUT2D eigenvalue weighted by Crippen LogP contribution is -2.33. The molecule has 28 rings (SSSR count). The van der Waals surface area contributed by atoms with Gasteiger partial charge in [-0.1, -0.05) is 354 Å². The molecule has 14 nitrogen and oxygen atoms in total. The number of ether oxygens (including phenoxy) is 2. The molecular formula is C129H87ClN12O2S2. The first-order valence-corrected chi connectivity index (χ1v) is 50.7. The summed E-state index contributed by atoms with van der Waals surface area (Å²) < 4.78 is 14.2. The van der Waals surface area contributed by atoms with E-state index in [2.05, 4.69) is 396 Å². The van der Waals surface area contributed by atoms with Gasteiger partial charge in [0.15, 0.2) is 34.9 Å². The maximum Gasteiger partial charge on any atom is 0.164 e. The molecule has 17 heteroatoms. The van der Waals surface area contributed by atoms with Gasteiger partial charge in [-0.3, -0.25) is 9.97 Å². The average Bonchev–Trinajstić information content (AvgIpc) is 1.48. The molecule has 2 spiro atoms. The number of fused-ring (bicyclic) bond motifs is 24. The van der Waals surface area contributed by atoms with Crippen LogP contribution in [-0.2, 0) is 10.8 Å². The Morgan fingerprint density at radius 2 is 0.555 bits per heavy atom. The summed E-state index contributed by atoms with van der Waals surface area (Å²) in [5.74, 6) is 7.24. The predicted molar refractivity (Wildman–Crippen MR) is 587 cm³/mol. The number of rotatable bonds is 11. The lowest BCUT2D eigenvalue weighted by Gasteiger charge is -2.41. The Kier molecular flexibility index (Phi) is 22.1. The Hall–Kier alpha value is -17.7. The monoisotopic (exact) mass is 1930 g/mol. The third-order valence-corrected chi connectivity index (χ3v) is 30.6. The number of hydrogen-bond acceptors (Lipinski definition) is 16. The van der Waals surface area contributed by atoms with Crippen molar-refractivity contribution in [3.05, 3.63) is 515 Å². The molecule has 22 aromatic rings. The van der Waals surface area contributed by atoms with Crippen LogP contribution < -0.4 is 19.3 Å². The van der Waals surface area contributed by atoms with Crippen LogP contribution in [0, 0.1) is 34.6 Å². The Balaban J connectivity index is 0.000000125. The number of aromatic nitrogens is 10. The number of halogens is 1. The predicted octanol–water partition coefficient (Wildman–Crippen LogP) is 33.0. The molecule has 146 heavy (non-hydrogen) atoms. The quantitative estimate of drug-likeness (QED) is 0.113. The second-order valence-electron chi connectivity index (χ2n) is 37.4. The summed E-state index contributed by atoms with van der Waals surface area (Å²) in [5.41, 5.74) is 35.0. The van der Waals surface area contributed by atoms with Crippen LogP contribution >= 0.6 is 35.1 Å². The molecule has 6 aromatic heterocycles. The second kappa shape index (κ2) is 36.4. The van der Waals surface area contributed by atoms with Crippen molar-refractivity contribution >= 4 is 69.2 Å². The number of nitrogens with zero attached hydrogens (tertiary/aromatic N) is 12. The summed E-state index contributed by atoms with van der Waals surface area (Å²) in [6.07, 6.45) is 3.71. The van der Waals surface area contributed by atoms with E-state index in [1.54, 1.807) is 23.5 Å².